The van der Waals surface area contributed by atoms with E-state index in [1.807, 2.05) is 39.0 Å². The van der Waals surface area contributed by atoms with E-state index in [-0.39, 0.29) is 18.1 Å². The van der Waals surface area contributed by atoms with Crippen molar-refractivity contribution in [3.8, 4) is 0 Å². The first-order valence-corrected chi connectivity index (χ1v) is 8.73. The zero-order valence-electron chi connectivity index (χ0n) is 15.1. The van der Waals surface area contributed by atoms with Gasteiger partial charge in [-0.05, 0) is 52.5 Å². The minimum Gasteiger partial charge on any atom is -0.444 e. The molecule has 134 valence electrons. The van der Waals surface area contributed by atoms with E-state index >= 15 is 0 Å². The lowest BCUT2D eigenvalue weighted by molar-refractivity contribution is 0.0394. The fourth-order valence-corrected chi connectivity index (χ4v) is 3.11. The zero-order valence-corrected chi connectivity index (χ0v) is 15.1. The number of alkyl carbamates (subject to hydrolysis) is 1. The Labute approximate surface area is 144 Å². The Hall–Kier alpha value is -1.59. The van der Waals surface area contributed by atoms with Gasteiger partial charge in [0.25, 0.3) is 0 Å². The van der Waals surface area contributed by atoms with Crippen molar-refractivity contribution in [2.24, 2.45) is 0 Å². The molecule has 5 heteroatoms. The van der Waals surface area contributed by atoms with Gasteiger partial charge in [0.15, 0.2) is 0 Å². The van der Waals surface area contributed by atoms with Crippen LogP contribution in [-0.2, 0) is 4.74 Å². The standard InChI is InChI=1S/C19H30N2O3/c1-13(14-8-6-5-7-9-14)20-16-11-10-15(12-17(16)22)21-18(23)24-19(2,3)4/h5-9,13,15-17,20,22H,10-12H2,1-4H3,(H,21,23)/t13-,15+,16+,17+/m0/s1. The van der Waals surface area contributed by atoms with Gasteiger partial charge in [-0.1, -0.05) is 30.3 Å². The van der Waals surface area contributed by atoms with Crippen LogP contribution in [-0.4, -0.2) is 35.0 Å². The Morgan fingerprint density at radius 1 is 1.25 bits per heavy atom. The Morgan fingerprint density at radius 3 is 2.50 bits per heavy atom. The summed E-state index contributed by atoms with van der Waals surface area (Å²) in [5, 5.41) is 16.8. The molecule has 0 aliphatic heterocycles. The largest absolute Gasteiger partial charge is 0.444 e. The second-order valence-corrected chi connectivity index (χ2v) is 7.63. The van der Waals surface area contributed by atoms with Crippen molar-refractivity contribution in [1.29, 1.82) is 0 Å². The molecule has 1 saturated carbocycles. The van der Waals surface area contributed by atoms with Gasteiger partial charge < -0.3 is 20.5 Å². The number of ether oxygens (including phenoxy) is 1. The van der Waals surface area contributed by atoms with Crippen LogP contribution in [0.15, 0.2) is 30.3 Å². The van der Waals surface area contributed by atoms with E-state index in [9.17, 15) is 9.90 Å². The van der Waals surface area contributed by atoms with Crippen LogP contribution >= 0.6 is 0 Å². The van der Waals surface area contributed by atoms with Crippen molar-refractivity contribution in [1.82, 2.24) is 10.6 Å². The van der Waals surface area contributed by atoms with Gasteiger partial charge in [-0.25, -0.2) is 4.79 Å². The molecule has 0 unspecified atom stereocenters. The summed E-state index contributed by atoms with van der Waals surface area (Å²) in [6.07, 6.45) is 1.29. The molecular weight excluding hydrogens is 304 g/mol. The number of nitrogens with one attached hydrogen (secondary N) is 2. The molecule has 0 spiro atoms. The molecule has 1 amide bonds. The van der Waals surface area contributed by atoms with Crippen LogP contribution in [0.25, 0.3) is 0 Å². The molecule has 0 heterocycles. The summed E-state index contributed by atoms with van der Waals surface area (Å²) in [7, 11) is 0. The van der Waals surface area contributed by atoms with Crippen LogP contribution < -0.4 is 10.6 Å². The van der Waals surface area contributed by atoms with Crippen molar-refractivity contribution >= 4 is 6.09 Å². The molecule has 0 radical (unpaired) electrons. The van der Waals surface area contributed by atoms with Crippen LogP contribution in [0, 0.1) is 0 Å². The van der Waals surface area contributed by atoms with E-state index in [0.717, 1.165) is 12.8 Å². The molecule has 24 heavy (non-hydrogen) atoms. The van der Waals surface area contributed by atoms with E-state index in [4.69, 9.17) is 4.74 Å². The number of amides is 1. The number of carbonyl (C=O) groups is 1. The Bertz CT molecular complexity index is 527. The van der Waals surface area contributed by atoms with Crippen molar-refractivity contribution in [2.45, 2.75) is 76.8 Å². The summed E-state index contributed by atoms with van der Waals surface area (Å²) in [4.78, 5) is 11.8. The predicted octanol–water partition coefficient (Wildman–Crippen LogP) is 3.14. The molecule has 4 atom stereocenters. The second kappa shape index (κ2) is 7.99. The fraction of sp³-hybridized carbons (Fsp3) is 0.632. The van der Waals surface area contributed by atoms with Crippen LogP contribution in [0.2, 0.25) is 0 Å². The fourth-order valence-electron chi connectivity index (χ4n) is 3.11. The quantitative estimate of drug-likeness (QED) is 0.791. The summed E-state index contributed by atoms with van der Waals surface area (Å²) in [5.74, 6) is 0. The average Bonchev–Trinajstić information content (AvgIpc) is 2.49. The van der Waals surface area contributed by atoms with Crippen LogP contribution in [0.1, 0.15) is 58.6 Å². The molecule has 3 N–H and O–H groups in total. The lowest BCUT2D eigenvalue weighted by Gasteiger charge is -2.36. The number of hydrogen-bond donors (Lipinski definition) is 3. The van der Waals surface area contributed by atoms with Gasteiger partial charge in [0.05, 0.1) is 6.10 Å². The number of aliphatic hydroxyl groups excluding tert-OH is 1. The average molecular weight is 334 g/mol. The zero-order chi connectivity index (χ0) is 17.7. The van der Waals surface area contributed by atoms with Gasteiger partial charge in [-0.2, -0.15) is 0 Å². The smallest absolute Gasteiger partial charge is 0.407 e. The Kier molecular flexibility index (Phi) is 6.24. The molecule has 1 fully saturated rings. The maximum Gasteiger partial charge on any atom is 0.407 e. The van der Waals surface area contributed by atoms with E-state index < -0.39 is 17.8 Å². The number of aliphatic hydroxyl groups is 1. The number of hydrogen-bond acceptors (Lipinski definition) is 4. The monoisotopic (exact) mass is 334 g/mol. The number of rotatable bonds is 4. The molecule has 0 aromatic heterocycles. The van der Waals surface area contributed by atoms with E-state index in [0.29, 0.717) is 6.42 Å². The molecule has 2 rings (SSSR count). The van der Waals surface area contributed by atoms with E-state index in [1.54, 1.807) is 0 Å². The third-order valence-electron chi connectivity index (χ3n) is 4.30. The number of benzene rings is 1. The van der Waals surface area contributed by atoms with Gasteiger partial charge in [0.2, 0.25) is 0 Å². The molecule has 1 aliphatic rings. The minimum absolute atomic E-state index is 0.0388. The highest BCUT2D eigenvalue weighted by atomic mass is 16.6. The summed E-state index contributed by atoms with van der Waals surface area (Å²) in [5.41, 5.74) is 0.700. The first kappa shape index (κ1) is 18.7. The summed E-state index contributed by atoms with van der Waals surface area (Å²) >= 11 is 0. The SMILES string of the molecule is C[C@H](N[C@@H]1CC[C@@H](NC(=O)OC(C)(C)C)C[C@H]1O)c1ccccc1. The topological polar surface area (TPSA) is 70.6 Å². The van der Waals surface area contributed by atoms with Crippen molar-refractivity contribution < 1.29 is 14.6 Å². The van der Waals surface area contributed by atoms with Gasteiger partial charge >= 0.3 is 6.09 Å². The first-order valence-electron chi connectivity index (χ1n) is 8.73. The lowest BCUT2D eigenvalue weighted by Crippen LogP contribution is -2.51. The molecule has 1 aromatic carbocycles. The van der Waals surface area contributed by atoms with Gasteiger partial charge in [0, 0.05) is 18.1 Å². The maximum absolute atomic E-state index is 11.8. The van der Waals surface area contributed by atoms with E-state index in [1.165, 1.54) is 5.56 Å². The van der Waals surface area contributed by atoms with Gasteiger partial charge in [-0.3, -0.25) is 0 Å². The first-order chi connectivity index (χ1) is 11.2. The third kappa shape index (κ3) is 5.80. The molecule has 1 aromatic rings. The highest BCUT2D eigenvalue weighted by Crippen LogP contribution is 2.23. The summed E-state index contributed by atoms with van der Waals surface area (Å²) < 4.78 is 5.28. The van der Waals surface area contributed by atoms with Crippen LogP contribution in [0.5, 0.6) is 0 Å². The maximum atomic E-state index is 11.8. The van der Waals surface area contributed by atoms with Crippen molar-refractivity contribution in [3.05, 3.63) is 35.9 Å². The second-order valence-electron chi connectivity index (χ2n) is 7.63. The molecule has 5 nitrogen and oxygen atoms in total. The van der Waals surface area contributed by atoms with Crippen molar-refractivity contribution in [2.75, 3.05) is 0 Å². The summed E-state index contributed by atoms with van der Waals surface area (Å²) in [6, 6.07) is 10.4. The molecule has 0 saturated heterocycles. The number of carbonyl (C=O) groups excluding carboxylic acids is 1. The summed E-state index contributed by atoms with van der Waals surface area (Å²) in [6.45, 7) is 7.63. The Balaban J connectivity index is 1.81. The predicted molar refractivity (Wildman–Crippen MR) is 94.8 cm³/mol. The van der Waals surface area contributed by atoms with Gasteiger partial charge in [-0.15, -0.1) is 0 Å². The van der Waals surface area contributed by atoms with Gasteiger partial charge in [0.1, 0.15) is 5.60 Å². The van der Waals surface area contributed by atoms with Crippen LogP contribution in [0.3, 0.4) is 0 Å². The minimum atomic E-state index is -0.507. The molecule has 1 aliphatic carbocycles. The molecular formula is C19H30N2O3. The highest BCUT2D eigenvalue weighted by Gasteiger charge is 2.31. The lowest BCUT2D eigenvalue weighted by atomic mass is 9.88. The molecule has 0 bridgehead atoms. The third-order valence-corrected chi connectivity index (χ3v) is 4.30. The Morgan fingerprint density at radius 2 is 1.92 bits per heavy atom. The van der Waals surface area contributed by atoms with Crippen LogP contribution in [0.4, 0.5) is 4.79 Å². The van der Waals surface area contributed by atoms with Crippen molar-refractivity contribution in [3.63, 3.8) is 0 Å². The normalized spacial score (nSPS) is 25.8. The van der Waals surface area contributed by atoms with E-state index in [2.05, 4.69) is 29.7 Å². The highest BCUT2D eigenvalue weighted by molar-refractivity contribution is 5.68.